The molecule has 4 heteroatoms. The second-order valence-corrected chi connectivity index (χ2v) is 7.54. The Morgan fingerprint density at radius 2 is 1.72 bits per heavy atom. The average Bonchev–Trinajstić information content (AvgIpc) is 3.11. The van der Waals surface area contributed by atoms with E-state index in [1.807, 2.05) is 30.3 Å². The van der Waals surface area contributed by atoms with Gasteiger partial charge in [0, 0.05) is 11.3 Å². The van der Waals surface area contributed by atoms with Crippen LogP contribution in [0.25, 0.3) is 0 Å². The second-order valence-electron chi connectivity index (χ2n) is 6.56. The first-order valence-electron chi connectivity index (χ1n) is 8.61. The highest BCUT2D eigenvalue weighted by molar-refractivity contribution is 8.00. The van der Waals surface area contributed by atoms with E-state index >= 15 is 0 Å². The number of carbonyl (C=O) groups excluding carboxylic acids is 1. The van der Waals surface area contributed by atoms with Crippen LogP contribution in [0, 0.1) is 27.7 Å². The number of rotatable bonds is 4. The van der Waals surface area contributed by atoms with Gasteiger partial charge in [-0.3, -0.25) is 4.79 Å². The van der Waals surface area contributed by atoms with Crippen molar-refractivity contribution in [3.63, 3.8) is 0 Å². The van der Waals surface area contributed by atoms with Crippen LogP contribution < -0.4 is 0 Å². The number of hydrazone groups is 1. The Hall–Kier alpha value is -2.07. The van der Waals surface area contributed by atoms with Crippen LogP contribution in [-0.4, -0.2) is 28.9 Å². The number of aryl methyl sites for hydroxylation is 2. The molecule has 130 valence electrons. The summed E-state index contributed by atoms with van der Waals surface area (Å²) in [6.45, 7) is 9.20. The largest absolute Gasteiger partial charge is 0.272 e. The lowest BCUT2D eigenvalue weighted by Gasteiger charge is -2.16. The number of hydrogen-bond acceptors (Lipinski definition) is 3. The smallest absolute Gasteiger partial charge is 0.253 e. The zero-order valence-corrected chi connectivity index (χ0v) is 16.1. The van der Waals surface area contributed by atoms with Crippen LogP contribution >= 0.6 is 11.8 Å². The van der Waals surface area contributed by atoms with Gasteiger partial charge in [0.05, 0.1) is 18.0 Å². The first-order valence-corrected chi connectivity index (χ1v) is 9.59. The standard InChI is InChI=1S/C21H24N2OS/c1-14-12-15(2)17(4)21(16(14)3)25-13-20(24)23-11-10-19(22-23)18-8-6-5-7-9-18/h5-9,12H,10-11,13H2,1-4H3. The fourth-order valence-electron chi connectivity index (χ4n) is 3.08. The first-order chi connectivity index (χ1) is 12.0. The summed E-state index contributed by atoms with van der Waals surface area (Å²) in [5, 5.41) is 6.17. The van der Waals surface area contributed by atoms with Crippen LogP contribution in [0.1, 0.15) is 34.2 Å². The molecule has 0 radical (unpaired) electrons. The maximum atomic E-state index is 12.6. The van der Waals surface area contributed by atoms with Crippen molar-refractivity contribution in [2.45, 2.75) is 39.0 Å². The highest BCUT2D eigenvalue weighted by Gasteiger charge is 2.22. The van der Waals surface area contributed by atoms with Gasteiger partial charge in [-0.05, 0) is 55.5 Å². The minimum atomic E-state index is 0.0777. The van der Waals surface area contributed by atoms with E-state index in [2.05, 4.69) is 38.9 Å². The molecule has 0 saturated carbocycles. The Balaban J connectivity index is 1.69. The molecule has 1 amide bonds. The van der Waals surface area contributed by atoms with E-state index < -0.39 is 0 Å². The van der Waals surface area contributed by atoms with Gasteiger partial charge in [0.15, 0.2) is 0 Å². The Bertz CT molecular complexity index is 801. The van der Waals surface area contributed by atoms with Crippen molar-refractivity contribution in [1.29, 1.82) is 0 Å². The molecule has 2 aromatic carbocycles. The summed E-state index contributed by atoms with van der Waals surface area (Å²) in [4.78, 5) is 13.8. The zero-order chi connectivity index (χ0) is 18.0. The molecule has 0 aromatic heterocycles. The Labute approximate surface area is 154 Å². The SMILES string of the molecule is Cc1cc(C)c(C)c(SCC(=O)N2CCC(c3ccccc3)=N2)c1C. The summed E-state index contributed by atoms with van der Waals surface area (Å²) in [6, 6.07) is 12.3. The zero-order valence-electron chi connectivity index (χ0n) is 15.3. The van der Waals surface area contributed by atoms with Crippen LogP contribution in [0.4, 0.5) is 0 Å². The summed E-state index contributed by atoms with van der Waals surface area (Å²) in [7, 11) is 0. The molecular formula is C21H24N2OS. The van der Waals surface area contributed by atoms with Crippen LogP contribution in [-0.2, 0) is 4.79 Å². The molecule has 1 aliphatic rings. The van der Waals surface area contributed by atoms with Gasteiger partial charge in [0.25, 0.3) is 5.91 Å². The molecule has 0 N–H and O–H groups in total. The van der Waals surface area contributed by atoms with Gasteiger partial charge in [-0.1, -0.05) is 36.4 Å². The monoisotopic (exact) mass is 352 g/mol. The van der Waals surface area contributed by atoms with Gasteiger partial charge in [0.2, 0.25) is 0 Å². The van der Waals surface area contributed by atoms with Crippen molar-refractivity contribution in [2.24, 2.45) is 5.10 Å². The van der Waals surface area contributed by atoms with Crippen molar-refractivity contribution in [3.05, 3.63) is 64.2 Å². The predicted molar refractivity (Wildman–Crippen MR) is 105 cm³/mol. The Morgan fingerprint density at radius 3 is 2.36 bits per heavy atom. The second kappa shape index (κ2) is 7.44. The number of carbonyl (C=O) groups is 1. The van der Waals surface area contributed by atoms with E-state index in [0.29, 0.717) is 12.3 Å². The van der Waals surface area contributed by atoms with Gasteiger partial charge in [-0.2, -0.15) is 5.10 Å². The summed E-state index contributed by atoms with van der Waals surface area (Å²) < 4.78 is 0. The highest BCUT2D eigenvalue weighted by atomic mass is 32.2. The van der Waals surface area contributed by atoms with Gasteiger partial charge < -0.3 is 0 Å². The van der Waals surface area contributed by atoms with Gasteiger partial charge in [0.1, 0.15) is 0 Å². The van der Waals surface area contributed by atoms with Crippen molar-refractivity contribution in [3.8, 4) is 0 Å². The number of benzene rings is 2. The van der Waals surface area contributed by atoms with Crippen molar-refractivity contribution >= 4 is 23.4 Å². The van der Waals surface area contributed by atoms with Crippen molar-refractivity contribution in [2.75, 3.05) is 12.3 Å². The average molecular weight is 353 g/mol. The maximum Gasteiger partial charge on any atom is 0.253 e. The molecule has 25 heavy (non-hydrogen) atoms. The molecule has 3 rings (SSSR count). The fraction of sp³-hybridized carbons (Fsp3) is 0.333. The number of hydrogen-bond donors (Lipinski definition) is 0. The predicted octanol–water partition coefficient (Wildman–Crippen LogP) is 4.65. The molecule has 0 atom stereocenters. The summed E-state index contributed by atoms with van der Waals surface area (Å²) in [5.41, 5.74) is 7.21. The molecular weight excluding hydrogens is 328 g/mol. The quantitative estimate of drug-likeness (QED) is 0.750. The lowest BCUT2D eigenvalue weighted by molar-refractivity contribution is -0.127. The normalized spacial score (nSPS) is 13.9. The third-order valence-electron chi connectivity index (χ3n) is 4.83. The molecule has 0 aliphatic carbocycles. The molecule has 0 unspecified atom stereocenters. The third-order valence-corrected chi connectivity index (χ3v) is 6.13. The lowest BCUT2D eigenvalue weighted by atomic mass is 10.0. The van der Waals surface area contributed by atoms with Gasteiger partial charge >= 0.3 is 0 Å². The van der Waals surface area contributed by atoms with E-state index in [1.165, 1.54) is 27.1 Å². The first kappa shape index (κ1) is 17.7. The minimum Gasteiger partial charge on any atom is -0.272 e. The molecule has 1 aliphatic heterocycles. The summed E-state index contributed by atoms with van der Waals surface area (Å²) in [6.07, 6.45) is 0.821. The Kier molecular flexibility index (Phi) is 5.28. The Morgan fingerprint density at radius 1 is 1.08 bits per heavy atom. The van der Waals surface area contributed by atoms with Crippen molar-refractivity contribution < 1.29 is 4.79 Å². The summed E-state index contributed by atoms with van der Waals surface area (Å²) >= 11 is 1.63. The van der Waals surface area contributed by atoms with E-state index in [9.17, 15) is 4.79 Å². The molecule has 0 bridgehead atoms. The van der Waals surface area contributed by atoms with Crippen LogP contribution in [0.3, 0.4) is 0 Å². The van der Waals surface area contributed by atoms with Gasteiger partial charge in [-0.25, -0.2) is 5.01 Å². The van der Waals surface area contributed by atoms with E-state index in [4.69, 9.17) is 0 Å². The number of thioether (sulfide) groups is 1. The molecule has 0 saturated heterocycles. The maximum absolute atomic E-state index is 12.6. The fourth-order valence-corrected chi connectivity index (χ4v) is 4.25. The third kappa shape index (κ3) is 3.79. The highest BCUT2D eigenvalue weighted by Crippen LogP contribution is 2.31. The molecule has 2 aromatic rings. The topological polar surface area (TPSA) is 32.7 Å². The molecule has 3 nitrogen and oxygen atoms in total. The number of nitrogens with zero attached hydrogens (tertiary/aromatic N) is 2. The van der Waals surface area contributed by atoms with E-state index in [1.54, 1.807) is 16.8 Å². The summed E-state index contributed by atoms with van der Waals surface area (Å²) in [5.74, 6) is 0.504. The lowest BCUT2D eigenvalue weighted by Crippen LogP contribution is -2.25. The number of amides is 1. The van der Waals surface area contributed by atoms with Crippen molar-refractivity contribution in [1.82, 2.24) is 5.01 Å². The molecule has 1 heterocycles. The van der Waals surface area contributed by atoms with Crippen LogP contribution in [0.15, 0.2) is 46.4 Å². The van der Waals surface area contributed by atoms with Crippen LogP contribution in [0.5, 0.6) is 0 Å². The minimum absolute atomic E-state index is 0.0777. The van der Waals surface area contributed by atoms with E-state index in [-0.39, 0.29) is 5.91 Å². The van der Waals surface area contributed by atoms with Crippen LogP contribution in [0.2, 0.25) is 0 Å². The van der Waals surface area contributed by atoms with Gasteiger partial charge in [-0.15, -0.1) is 11.8 Å². The van der Waals surface area contributed by atoms with E-state index in [0.717, 1.165) is 17.7 Å². The molecule has 0 spiro atoms. The molecule has 0 fully saturated rings.